The fourth-order valence-corrected chi connectivity index (χ4v) is 3.62. The molecule has 1 unspecified atom stereocenters. The first kappa shape index (κ1) is 14.9. The molecule has 2 aromatic carbocycles. The highest BCUT2D eigenvalue weighted by atomic mass is 32.2. The lowest BCUT2D eigenvalue weighted by Gasteiger charge is -2.24. The highest BCUT2D eigenvalue weighted by Crippen LogP contribution is 2.41. The number of ether oxygens (including phenoxy) is 1. The molecule has 1 amide bonds. The second-order valence-electron chi connectivity index (χ2n) is 4.91. The summed E-state index contributed by atoms with van der Waals surface area (Å²) in [5.74, 6) is 0.993. The van der Waals surface area contributed by atoms with Gasteiger partial charge in [-0.05, 0) is 48.9 Å². The zero-order valence-electron chi connectivity index (χ0n) is 12.2. The third kappa shape index (κ3) is 2.95. The van der Waals surface area contributed by atoms with E-state index in [0.29, 0.717) is 12.4 Å². The Balaban J connectivity index is 1.88. The van der Waals surface area contributed by atoms with E-state index in [4.69, 9.17) is 4.74 Å². The monoisotopic (exact) mass is 317 g/mol. The first-order valence-corrected chi connectivity index (χ1v) is 8.16. The molecule has 1 aliphatic rings. The number of thioether (sulfide) groups is 1. The summed E-state index contributed by atoms with van der Waals surface area (Å²) in [7, 11) is 0. The van der Waals surface area contributed by atoms with E-state index < -0.39 is 0 Å². The average molecular weight is 317 g/mol. The van der Waals surface area contributed by atoms with Crippen molar-refractivity contribution in [3.05, 3.63) is 59.9 Å². The molecular weight excluding hydrogens is 301 g/mol. The highest BCUT2D eigenvalue weighted by Gasteiger charge is 2.33. The van der Waals surface area contributed by atoms with Gasteiger partial charge in [-0.1, -0.05) is 12.1 Å². The van der Waals surface area contributed by atoms with E-state index in [9.17, 15) is 9.18 Å². The number of benzene rings is 2. The Morgan fingerprint density at radius 3 is 2.50 bits per heavy atom. The zero-order chi connectivity index (χ0) is 15.5. The van der Waals surface area contributed by atoms with Gasteiger partial charge >= 0.3 is 0 Å². The summed E-state index contributed by atoms with van der Waals surface area (Å²) in [5.41, 5.74) is 1.75. The van der Waals surface area contributed by atoms with E-state index in [2.05, 4.69) is 0 Å². The lowest BCUT2D eigenvalue weighted by molar-refractivity contribution is -0.115. The molecule has 1 fully saturated rings. The Morgan fingerprint density at radius 1 is 1.18 bits per heavy atom. The third-order valence-electron chi connectivity index (χ3n) is 3.45. The number of hydrogen-bond acceptors (Lipinski definition) is 3. The predicted octanol–water partition coefficient (Wildman–Crippen LogP) is 4.00. The molecule has 0 aromatic heterocycles. The molecule has 0 saturated carbocycles. The minimum Gasteiger partial charge on any atom is -0.494 e. The fourth-order valence-electron chi connectivity index (χ4n) is 2.45. The van der Waals surface area contributed by atoms with Crippen LogP contribution < -0.4 is 9.64 Å². The molecular formula is C17H16FNO2S. The summed E-state index contributed by atoms with van der Waals surface area (Å²) in [6, 6.07) is 13.8. The minimum absolute atomic E-state index is 0.0588. The molecule has 5 heteroatoms. The van der Waals surface area contributed by atoms with Crippen molar-refractivity contribution in [3.8, 4) is 5.75 Å². The molecule has 3 rings (SSSR count). The van der Waals surface area contributed by atoms with Gasteiger partial charge in [-0.2, -0.15) is 0 Å². The molecule has 1 heterocycles. The van der Waals surface area contributed by atoms with Crippen molar-refractivity contribution >= 4 is 23.4 Å². The summed E-state index contributed by atoms with van der Waals surface area (Å²) in [6.07, 6.45) is 0. The van der Waals surface area contributed by atoms with E-state index in [-0.39, 0.29) is 17.1 Å². The molecule has 1 atom stereocenters. The Hall–Kier alpha value is -2.01. The van der Waals surface area contributed by atoms with Gasteiger partial charge in [0, 0.05) is 5.69 Å². The number of anilines is 1. The molecule has 22 heavy (non-hydrogen) atoms. The number of nitrogens with zero attached hydrogens (tertiary/aromatic N) is 1. The van der Waals surface area contributed by atoms with Gasteiger partial charge in [-0.25, -0.2) is 4.39 Å². The van der Waals surface area contributed by atoms with Crippen molar-refractivity contribution in [2.75, 3.05) is 17.3 Å². The van der Waals surface area contributed by atoms with Crippen molar-refractivity contribution in [2.24, 2.45) is 0 Å². The van der Waals surface area contributed by atoms with Crippen LogP contribution in [0.3, 0.4) is 0 Å². The van der Waals surface area contributed by atoms with Gasteiger partial charge < -0.3 is 4.74 Å². The maximum atomic E-state index is 13.1. The molecule has 114 valence electrons. The van der Waals surface area contributed by atoms with Crippen LogP contribution in [0.5, 0.6) is 5.75 Å². The second-order valence-corrected chi connectivity index (χ2v) is 5.97. The summed E-state index contributed by atoms with van der Waals surface area (Å²) < 4.78 is 18.5. The SMILES string of the molecule is CCOc1ccc(N2C(=O)CSC2c2ccc(F)cc2)cc1. The van der Waals surface area contributed by atoms with E-state index in [1.165, 1.54) is 12.1 Å². The first-order valence-electron chi connectivity index (χ1n) is 7.11. The van der Waals surface area contributed by atoms with Crippen LogP contribution >= 0.6 is 11.8 Å². The molecule has 1 saturated heterocycles. The minimum atomic E-state index is -0.273. The Bertz CT molecular complexity index is 657. The molecule has 0 spiro atoms. The van der Waals surface area contributed by atoms with Crippen LogP contribution in [0.2, 0.25) is 0 Å². The van der Waals surface area contributed by atoms with Gasteiger partial charge in [0.15, 0.2) is 0 Å². The van der Waals surface area contributed by atoms with Crippen LogP contribution in [-0.2, 0) is 4.79 Å². The predicted molar refractivity (Wildman–Crippen MR) is 86.7 cm³/mol. The summed E-state index contributed by atoms with van der Waals surface area (Å²) in [5, 5.41) is -0.119. The summed E-state index contributed by atoms with van der Waals surface area (Å²) in [4.78, 5) is 14.0. The maximum Gasteiger partial charge on any atom is 0.238 e. The normalized spacial score (nSPS) is 17.8. The molecule has 0 aliphatic carbocycles. The Morgan fingerprint density at radius 2 is 1.86 bits per heavy atom. The van der Waals surface area contributed by atoms with Gasteiger partial charge in [0.25, 0.3) is 0 Å². The van der Waals surface area contributed by atoms with Crippen LogP contribution in [0, 0.1) is 5.82 Å². The van der Waals surface area contributed by atoms with Gasteiger partial charge in [0.2, 0.25) is 5.91 Å². The number of carbonyl (C=O) groups excluding carboxylic acids is 1. The molecule has 0 bridgehead atoms. The van der Waals surface area contributed by atoms with Gasteiger partial charge in [-0.3, -0.25) is 9.69 Å². The lowest BCUT2D eigenvalue weighted by atomic mass is 10.2. The zero-order valence-corrected chi connectivity index (χ0v) is 13.0. The van der Waals surface area contributed by atoms with Crippen LogP contribution in [-0.4, -0.2) is 18.3 Å². The quantitative estimate of drug-likeness (QED) is 0.853. The average Bonchev–Trinajstić information content (AvgIpc) is 2.91. The Kier molecular flexibility index (Phi) is 4.34. The standard InChI is InChI=1S/C17H16FNO2S/c1-2-21-15-9-7-14(8-10-15)19-16(20)11-22-17(19)12-3-5-13(18)6-4-12/h3-10,17H,2,11H2,1H3. The summed E-state index contributed by atoms with van der Waals surface area (Å²) in [6.45, 7) is 2.54. The fraction of sp³-hybridized carbons (Fsp3) is 0.235. The number of amides is 1. The lowest BCUT2D eigenvalue weighted by Crippen LogP contribution is -2.27. The molecule has 1 aliphatic heterocycles. The number of halogens is 1. The van der Waals surface area contributed by atoms with Crippen LogP contribution in [0.4, 0.5) is 10.1 Å². The van der Waals surface area contributed by atoms with Crippen molar-refractivity contribution < 1.29 is 13.9 Å². The molecule has 0 radical (unpaired) electrons. The largest absolute Gasteiger partial charge is 0.494 e. The van der Waals surface area contributed by atoms with Gasteiger partial charge in [0.1, 0.15) is 16.9 Å². The van der Waals surface area contributed by atoms with E-state index >= 15 is 0 Å². The van der Waals surface area contributed by atoms with Gasteiger partial charge in [0.05, 0.1) is 12.4 Å². The molecule has 0 N–H and O–H groups in total. The highest BCUT2D eigenvalue weighted by molar-refractivity contribution is 8.00. The van der Waals surface area contributed by atoms with Crippen molar-refractivity contribution in [1.29, 1.82) is 0 Å². The second kappa shape index (κ2) is 6.40. The third-order valence-corrected chi connectivity index (χ3v) is 4.66. The first-order chi connectivity index (χ1) is 10.7. The van der Waals surface area contributed by atoms with Gasteiger partial charge in [-0.15, -0.1) is 11.8 Å². The number of carbonyl (C=O) groups is 1. The number of rotatable bonds is 4. The molecule has 2 aromatic rings. The maximum absolute atomic E-state index is 13.1. The number of hydrogen-bond donors (Lipinski definition) is 0. The van der Waals surface area contributed by atoms with Crippen molar-refractivity contribution in [2.45, 2.75) is 12.3 Å². The van der Waals surface area contributed by atoms with Crippen LogP contribution in [0.1, 0.15) is 17.9 Å². The van der Waals surface area contributed by atoms with E-state index in [1.807, 2.05) is 31.2 Å². The van der Waals surface area contributed by atoms with E-state index in [0.717, 1.165) is 17.0 Å². The Labute approximate surface area is 133 Å². The van der Waals surface area contributed by atoms with Crippen molar-refractivity contribution in [1.82, 2.24) is 0 Å². The topological polar surface area (TPSA) is 29.5 Å². The molecule has 3 nitrogen and oxygen atoms in total. The van der Waals surface area contributed by atoms with Crippen LogP contribution in [0.25, 0.3) is 0 Å². The summed E-state index contributed by atoms with van der Waals surface area (Å²) >= 11 is 1.55. The van der Waals surface area contributed by atoms with Crippen molar-refractivity contribution in [3.63, 3.8) is 0 Å². The van der Waals surface area contributed by atoms with E-state index in [1.54, 1.807) is 28.8 Å². The van der Waals surface area contributed by atoms with Crippen LogP contribution in [0.15, 0.2) is 48.5 Å². The smallest absolute Gasteiger partial charge is 0.238 e.